The van der Waals surface area contributed by atoms with Crippen molar-refractivity contribution in [3.05, 3.63) is 0 Å². The van der Waals surface area contributed by atoms with E-state index in [0.29, 0.717) is 6.54 Å². The summed E-state index contributed by atoms with van der Waals surface area (Å²) in [6, 6.07) is 0. The highest BCUT2D eigenvalue weighted by atomic mass is 32.2. The maximum absolute atomic E-state index is 11.4. The molecule has 0 rings (SSSR count). The van der Waals surface area contributed by atoms with E-state index in [1.165, 1.54) is 0 Å². The van der Waals surface area contributed by atoms with Crippen LogP contribution in [0.4, 0.5) is 4.79 Å². The molecule has 0 spiro atoms. The second kappa shape index (κ2) is 10.00. The van der Waals surface area contributed by atoms with Crippen LogP contribution in [0, 0.1) is 0 Å². The number of carbonyl (C=O) groups excluding carboxylic acids is 1. The summed E-state index contributed by atoms with van der Waals surface area (Å²) < 4.78 is 31.2. The van der Waals surface area contributed by atoms with Crippen LogP contribution < -0.4 is 5.32 Å². The van der Waals surface area contributed by atoms with Crippen molar-refractivity contribution < 1.29 is 22.1 Å². The molecule has 0 radical (unpaired) electrons. The maximum Gasteiger partial charge on any atom is 0.407 e. The lowest BCUT2D eigenvalue weighted by atomic mass is 10.1. The predicted octanol–water partition coefficient (Wildman–Crippen LogP) is 2.83. The molecule has 21 heavy (non-hydrogen) atoms. The first-order chi connectivity index (χ1) is 9.60. The summed E-state index contributed by atoms with van der Waals surface area (Å²) in [6.45, 7) is 6.38. The van der Waals surface area contributed by atoms with Gasteiger partial charge in [-0.2, -0.15) is 8.42 Å². The summed E-state index contributed by atoms with van der Waals surface area (Å²) in [5.41, 5.74) is -0.460. The normalized spacial score (nSPS) is 12.2. The standard InChI is InChI=1S/C14H29NO5S/c1-14(2,3)20-13(16)15-11-9-7-5-6-8-10-12-19-21(4,17)18/h5-12H2,1-4H3,(H,15,16). The van der Waals surface area contributed by atoms with Gasteiger partial charge in [0.25, 0.3) is 10.1 Å². The van der Waals surface area contributed by atoms with Crippen LogP contribution in [0.25, 0.3) is 0 Å². The largest absolute Gasteiger partial charge is 0.444 e. The van der Waals surface area contributed by atoms with Crippen molar-refractivity contribution in [1.29, 1.82) is 0 Å². The number of hydrogen-bond donors (Lipinski definition) is 1. The molecule has 0 heterocycles. The Balaban J connectivity index is 3.32. The lowest BCUT2D eigenvalue weighted by molar-refractivity contribution is 0.0527. The van der Waals surface area contributed by atoms with Crippen LogP contribution in [0.5, 0.6) is 0 Å². The Morgan fingerprint density at radius 3 is 2.05 bits per heavy atom. The minimum Gasteiger partial charge on any atom is -0.444 e. The van der Waals surface area contributed by atoms with Gasteiger partial charge in [-0.05, 0) is 33.6 Å². The van der Waals surface area contributed by atoms with E-state index in [1.54, 1.807) is 0 Å². The summed E-state index contributed by atoms with van der Waals surface area (Å²) >= 11 is 0. The van der Waals surface area contributed by atoms with E-state index in [0.717, 1.165) is 44.8 Å². The number of nitrogens with one attached hydrogen (secondary N) is 1. The first kappa shape index (κ1) is 20.2. The van der Waals surface area contributed by atoms with Crippen molar-refractivity contribution in [3.63, 3.8) is 0 Å². The minimum atomic E-state index is -3.30. The van der Waals surface area contributed by atoms with Crippen LogP contribution in [0.15, 0.2) is 0 Å². The summed E-state index contributed by atoms with van der Waals surface area (Å²) in [5, 5.41) is 2.72. The molecule has 0 bridgehead atoms. The van der Waals surface area contributed by atoms with Gasteiger partial charge in [0.05, 0.1) is 12.9 Å². The van der Waals surface area contributed by atoms with Crippen molar-refractivity contribution in [2.24, 2.45) is 0 Å². The van der Waals surface area contributed by atoms with Crippen LogP contribution in [-0.4, -0.2) is 39.5 Å². The van der Waals surface area contributed by atoms with Gasteiger partial charge < -0.3 is 10.1 Å². The molecule has 0 aromatic heterocycles. The highest BCUT2D eigenvalue weighted by Crippen LogP contribution is 2.07. The van der Waals surface area contributed by atoms with E-state index >= 15 is 0 Å². The second-order valence-electron chi connectivity index (χ2n) is 6.08. The maximum atomic E-state index is 11.4. The van der Waals surface area contributed by atoms with Crippen LogP contribution in [-0.2, 0) is 19.0 Å². The fourth-order valence-electron chi connectivity index (χ4n) is 1.65. The number of hydrogen-bond acceptors (Lipinski definition) is 5. The van der Waals surface area contributed by atoms with E-state index in [2.05, 4.69) is 9.50 Å². The average molecular weight is 323 g/mol. The van der Waals surface area contributed by atoms with Crippen LogP contribution in [0.1, 0.15) is 59.3 Å². The number of alkyl carbamates (subject to hydrolysis) is 1. The van der Waals surface area contributed by atoms with Crippen LogP contribution in [0.2, 0.25) is 0 Å². The number of amides is 1. The zero-order valence-electron chi connectivity index (χ0n) is 13.6. The van der Waals surface area contributed by atoms with Gasteiger partial charge in [-0.15, -0.1) is 0 Å². The topological polar surface area (TPSA) is 81.7 Å². The SMILES string of the molecule is CC(C)(C)OC(=O)NCCCCCCCCOS(C)(=O)=O. The van der Waals surface area contributed by atoms with Crippen molar-refractivity contribution in [2.75, 3.05) is 19.4 Å². The minimum absolute atomic E-state index is 0.263. The van der Waals surface area contributed by atoms with Gasteiger partial charge in [0.1, 0.15) is 5.60 Å². The summed E-state index contributed by atoms with van der Waals surface area (Å²) in [6.07, 6.45) is 6.44. The molecule has 0 aliphatic heterocycles. The van der Waals surface area contributed by atoms with E-state index in [4.69, 9.17) is 4.74 Å². The van der Waals surface area contributed by atoms with E-state index in [9.17, 15) is 13.2 Å². The first-order valence-corrected chi connectivity index (χ1v) is 9.23. The number of carbonyl (C=O) groups is 1. The Morgan fingerprint density at radius 2 is 1.52 bits per heavy atom. The molecule has 0 aromatic rings. The zero-order chi connectivity index (χ0) is 16.4. The Bertz CT molecular complexity index is 387. The molecule has 0 saturated carbocycles. The van der Waals surface area contributed by atoms with Gasteiger partial charge in [0.15, 0.2) is 0 Å². The highest BCUT2D eigenvalue weighted by Gasteiger charge is 2.15. The van der Waals surface area contributed by atoms with Gasteiger partial charge in [0, 0.05) is 6.54 Å². The van der Waals surface area contributed by atoms with Crippen molar-refractivity contribution in [1.82, 2.24) is 5.32 Å². The monoisotopic (exact) mass is 323 g/mol. The van der Waals surface area contributed by atoms with Gasteiger partial charge in [-0.25, -0.2) is 4.79 Å². The van der Waals surface area contributed by atoms with Gasteiger partial charge >= 0.3 is 6.09 Å². The van der Waals surface area contributed by atoms with Gasteiger partial charge in [-0.3, -0.25) is 4.18 Å². The van der Waals surface area contributed by atoms with E-state index in [1.807, 2.05) is 20.8 Å². The average Bonchev–Trinajstić information content (AvgIpc) is 2.27. The molecular weight excluding hydrogens is 294 g/mol. The third kappa shape index (κ3) is 17.1. The van der Waals surface area contributed by atoms with Crippen molar-refractivity contribution in [2.45, 2.75) is 64.9 Å². The van der Waals surface area contributed by atoms with Crippen molar-refractivity contribution in [3.8, 4) is 0 Å². The quantitative estimate of drug-likeness (QED) is 0.494. The lowest BCUT2D eigenvalue weighted by Crippen LogP contribution is -2.32. The van der Waals surface area contributed by atoms with Crippen LogP contribution >= 0.6 is 0 Å². The summed E-state index contributed by atoms with van der Waals surface area (Å²) in [5.74, 6) is 0. The molecule has 126 valence electrons. The number of rotatable bonds is 10. The molecule has 6 nitrogen and oxygen atoms in total. The molecule has 0 aromatic carbocycles. The summed E-state index contributed by atoms with van der Waals surface area (Å²) in [4.78, 5) is 11.4. The van der Waals surface area contributed by atoms with Gasteiger partial charge in [-0.1, -0.05) is 25.7 Å². The van der Waals surface area contributed by atoms with Crippen LogP contribution in [0.3, 0.4) is 0 Å². The molecule has 7 heteroatoms. The second-order valence-corrected chi connectivity index (χ2v) is 7.72. The number of ether oxygens (including phenoxy) is 1. The van der Waals surface area contributed by atoms with E-state index in [-0.39, 0.29) is 12.7 Å². The predicted molar refractivity (Wildman–Crippen MR) is 82.7 cm³/mol. The Kier molecular flexibility index (Phi) is 9.61. The molecule has 0 fully saturated rings. The molecule has 0 unspecified atom stereocenters. The smallest absolute Gasteiger partial charge is 0.407 e. The fourth-order valence-corrected chi connectivity index (χ4v) is 2.07. The summed E-state index contributed by atoms with van der Waals surface area (Å²) in [7, 11) is -3.30. The third-order valence-corrected chi connectivity index (χ3v) is 3.13. The zero-order valence-corrected chi connectivity index (χ0v) is 14.4. The Labute approximate surface area is 128 Å². The van der Waals surface area contributed by atoms with Gasteiger partial charge in [0.2, 0.25) is 0 Å². The van der Waals surface area contributed by atoms with Crippen molar-refractivity contribution >= 4 is 16.2 Å². The third-order valence-electron chi connectivity index (χ3n) is 2.54. The molecule has 0 aliphatic carbocycles. The van der Waals surface area contributed by atoms with E-state index < -0.39 is 15.7 Å². The molecular formula is C14H29NO5S. The molecule has 0 atom stereocenters. The lowest BCUT2D eigenvalue weighted by Gasteiger charge is -2.19. The fraction of sp³-hybridized carbons (Fsp3) is 0.929. The number of unbranched alkanes of at least 4 members (excludes halogenated alkanes) is 5. The first-order valence-electron chi connectivity index (χ1n) is 7.41. The highest BCUT2D eigenvalue weighted by molar-refractivity contribution is 7.85. The molecule has 0 saturated heterocycles. The molecule has 0 aliphatic rings. The Hall–Kier alpha value is -0.820. The Morgan fingerprint density at radius 1 is 1.00 bits per heavy atom. The molecule has 1 amide bonds. The molecule has 1 N–H and O–H groups in total.